The number of carbonyl (C=O) groups is 1. The van der Waals surface area contributed by atoms with E-state index in [9.17, 15) is 4.79 Å². The van der Waals surface area contributed by atoms with E-state index in [4.69, 9.17) is 10.5 Å². The van der Waals surface area contributed by atoms with Crippen LogP contribution in [0, 0.1) is 36.5 Å². The third-order valence-corrected chi connectivity index (χ3v) is 4.53. The number of imidazole rings is 1. The highest BCUT2D eigenvalue weighted by Crippen LogP contribution is 2.29. The Bertz CT molecular complexity index is 1420. The summed E-state index contributed by atoms with van der Waals surface area (Å²) in [5.74, 6) is 0.646. The van der Waals surface area contributed by atoms with Crippen molar-refractivity contribution in [1.82, 2.24) is 29.4 Å². The maximum atomic E-state index is 11.2. The topological polar surface area (TPSA) is 153 Å². The Balaban J connectivity index is 1.79. The fourth-order valence-corrected chi connectivity index (χ4v) is 3.13. The van der Waals surface area contributed by atoms with Crippen LogP contribution in [0.3, 0.4) is 0 Å². The van der Waals surface area contributed by atoms with Gasteiger partial charge >= 0.3 is 0 Å². The zero-order valence-electron chi connectivity index (χ0n) is 16.2. The molecule has 0 bridgehead atoms. The summed E-state index contributed by atoms with van der Waals surface area (Å²) in [6.07, 6.45) is 0.784. The minimum absolute atomic E-state index is 0.0138. The van der Waals surface area contributed by atoms with Gasteiger partial charge in [0.25, 0.3) is 5.95 Å². The maximum Gasteiger partial charge on any atom is 0.251 e. The minimum Gasteiger partial charge on any atom is -0.301 e. The maximum absolute atomic E-state index is 11.2. The number of rotatable bonds is 4. The zero-order valence-corrected chi connectivity index (χ0v) is 16.2. The van der Waals surface area contributed by atoms with Crippen molar-refractivity contribution in [3.63, 3.8) is 0 Å². The number of aldehydes is 1. The van der Waals surface area contributed by atoms with Crippen LogP contribution < -0.4 is 0 Å². The molecule has 4 aromatic rings. The van der Waals surface area contributed by atoms with Crippen molar-refractivity contribution >= 4 is 23.6 Å². The molecule has 1 N–H and O–H groups in total. The molecular formula is C19H14N10O. The van der Waals surface area contributed by atoms with E-state index in [1.165, 1.54) is 4.57 Å². The lowest BCUT2D eigenvalue weighted by Gasteiger charge is -2.01. The number of hydrogen-bond acceptors (Lipinski definition) is 8. The molecule has 0 fully saturated rings. The average molecular weight is 398 g/mol. The number of benzene rings is 1. The molecule has 11 heteroatoms. The van der Waals surface area contributed by atoms with Gasteiger partial charge in [0, 0.05) is 18.2 Å². The minimum atomic E-state index is -0.0138. The van der Waals surface area contributed by atoms with Crippen molar-refractivity contribution in [2.45, 2.75) is 13.8 Å². The van der Waals surface area contributed by atoms with Gasteiger partial charge in [-0.15, -0.1) is 20.4 Å². The van der Waals surface area contributed by atoms with Gasteiger partial charge in [-0.25, -0.2) is 4.52 Å². The van der Waals surface area contributed by atoms with Gasteiger partial charge in [0.15, 0.2) is 22.9 Å². The van der Waals surface area contributed by atoms with Gasteiger partial charge in [-0.2, -0.15) is 15.5 Å². The third-order valence-electron chi connectivity index (χ3n) is 4.53. The molecule has 0 aliphatic carbocycles. The van der Waals surface area contributed by atoms with Crippen molar-refractivity contribution in [1.29, 1.82) is 10.5 Å². The zero-order chi connectivity index (χ0) is 21.4. The Morgan fingerprint density at radius 2 is 1.93 bits per heavy atom. The molecule has 146 valence electrons. The first-order chi connectivity index (χ1) is 14.5. The van der Waals surface area contributed by atoms with Gasteiger partial charge in [-0.05, 0) is 37.6 Å². The second-order valence-electron chi connectivity index (χ2n) is 6.61. The Morgan fingerprint density at radius 3 is 2.60 bits per heavy atom. The number of fused-ring (bicyclic) bond motifs is 1. The van der Waals surface area contributed by atoms with E-state index < -0.39 is 0 Å². The smallest absolute Gasteiger partial charge is 0.251 e. The number of azo groups is 1. The number of aromatic amines is 1. The predicted octanol–water partition coefficient (Wildman–Crippen LogP) is 3.05. The van der Waals surface area contributed by atoms with E-state index in [1.54, 1.807) is 30.6 Å². The fourth-order valence-electron chi connectivity index (χ4n) is 3.13. The van der Waals surface area contributed by atoms with Gasteiger partial charge in [0.2, 0.25) is 5.65 Å². The molecule has 0 saturated carbocycles. The van der Waals surface area contributed by atoms with Crippen LogP contribution in [0.25, 0.3) is 17.0 Å². The van der Waals surface area contributed by atoms with Gasteiger partial charge in [0.1, 0.15) is 18.4 Å². The van der Waals surface area contributed by atoms with Crippen LogP contribution in [0.15, 0.2) is 28.4 Å². The SMILES string of the molecule is Cc1cc(C=O)cc(-c2nnc3c(N=Nc4nc(C#N)c(C#N)n4C)c(C)[nH]n23)c1. The fraction of sp³-hybridized carbons (Fsp3) is 0.158. The molecular weight excluding hydrogens is 384 g/mol. The van der Waals surface area contributed by atoms with Crippen molar-refractivity contribution in [3.05, 3.63) is 46.4 Å². The van der Waals surface area contributed by atoms with E-state index in [0.717, 1.165) is 17.4 Å². The van der Waals surface area contributed by atoms with Crippen molar-refractivity contribution in [2.24, 2.45) is 17.3 Å². The number of hydrogen-bond donors (Lipinski definition) is 1. The second-order valence-corrected chi connectivity index (χ2v) is 6.61. The summed E-state index contributed by atoms with van der Waals surface area (Å²) >= 11 is 0. The first-order valence-electron chi connectivity index (χ1n) is 8.76. The quantitative estimate of drug-likeness (QED) is 0.412. The van der Waals surface area contributed by atoms with Crippen molar-refractivity contribution in [2.75, 3.05) is 0 Å². The predicted molar refractivity (Wildman–Crippen MR) is 104 cm³/mol. The lowest BCUT2D eigenvalue weighted by molar-refractivity contribution is 0.112. The van der Waals surface area contributed by atoms with E-state index in [1.807, 2.05) is 25.1 Å². The molecule has 0 spiro atoms. The summed E-state index contributed by atoms with van der Waals surface area (Å²) in [5.41, 5.74) is 3.86. The summed E-state index contributed by atoms with van der Waals surface area (Å²) in [6, 6.07) is 9.21. The van der Waals surface area contributed by atoms with Crippen molar-refractivity contribution in [3.8, 4) is 23.5 Å². The van der Waals surface area contributed by atoms with Gasteiger partial charge < -0.3 is 4.57 Å². The third kappa shape index (κ3) is 2.91. The number of H-pyrrole nitrogens is 1. The molecule has 0 radical (unpaired) electrons. The largest absolute Gasteiger partial charge is 0.301 e. The summed E-state index contributed by atoms with van der Waals surface area (Å²) in [7, 11) is 1.58. The summed E-state index contributed by atoms with van der Waals surface area (Å²) in [4.78, 5) is 15.2. The molecule has 0 amide bonds. The van der Waals surface area contributed by atoms with Crippen LogP contribution >= 0.6 is 0 Å². The molecule has 0 unspecified atom stereocenters. The Kier molecular flexibility index (Phi) is 4.41. The lowest BCUT2D eigenvalue weighted by atomic mass is 10.1. The first-order valence-corrected chi connectivity index (χ1v) is 8.76. The molecule has 0 saturated heterocycles. The number of nitrogens with one attached hydrogen (secondary N) is 1. The molecule has 0 aliphatic rings. The second kappa shape index (κ2) is 7.07. The molecule has 3 aromatic heterocycles. The molecule has 0 aliphatic heterocycles. The Hall–Kier alpha value is -4.64. The number of nitrogens with zero attached hydrogens (tertiary/aromatic N) is 9. The van der Waals surface area contributed by atoms with Gasteiger partial charge in [0.05, 0.1) is 5.69 Å². The molecule has 11 nitrogen and oxygen atoms in total. The van der Waals surface area contributed by atoms with Crippen molar-refractivity contribution < 1.29 is 4.79 Å². The van der Waals surface area contributed by atoms with Crippen LogP contribution in [0.4, 0.5) is 11.6 Å². The molecule has 0 atom stereocenters. The number of aromatic nitrogens is 6. The molecule has 30 heavy (non-hydrogen) atoms. The van der Waals surface area contributed by atoms with E-state index in [-0.39, 0.29) is 17.3 Å². The summed E-state index contributed by atoms with van der Waals surface area (Å²) in [5, 5.41) is 38.1. The van der Waals surface area contributed by atoms with Crippen LogP contribution in [-0.4, -0.2) is 35.6 Å². The normalized spacial score (nSPS) is 11.1. The Morgan fingerprint density at radius 1 is 1.13 bits per heavy atom. The van der Waals surface area contributed by atoms with Crippen LogP contribution in [-0.2, 0) is 7.05 Å². The van der Waals surface area contributed by atoms with Gasteiger partial charge in [-0.1, -0.05) is 0 Å². The molecule has 1 aromatic carbocycles. The first kappa shape index (κ1) is 18.7. The van der Waals surface area contributed by atoms with Crippen LogP contribution in [0.5, 0.6) is 0 Å². The van der Waals surface area contributed by atoms with E-state index in [2.05, 4.69) is 30.5 Å². The van der Waals surface area contributed by atoms with Crippen LogP contribution in [0.1, 0.15) is 33.0 Å². The van der Waals surface area contributed by atoms with E-state index in [0.29, 0.717) is 28.4 Å². The highest BCUT2D eigenvalue weighted by Gasteiger charge is 2.18. The van der Waals surface area contributed by atoms with Crippen LogP contribution in [0.2, 0.25) is 0 Å². The van der Waals surface area contributed by atoms with E-state index >= 15 is 0 Å². The summed E-state index contributed by atoms with van der Waals surface area (Å²) < 4.78 is 3.05. The highest BCUT2D eigenvalue weighted by atomic mass is 16.1. The number of nitriles is 2. The van der Waals surface area contributed by atoms with Gasteiger partial charge in [-0.3, -0.25) is 9.89 Å². The average Bonchev–Trinajstić information content (AvgIpc) is 3.37. The number of aryl methyl sites for hydroxylation is 2. The lowest BCUT2D eigenvalue weighted by Crippen LogP contribution is -1.93. The standard InChI is InChI=1S/C19H14N10O/c1-10-4-12(9-30)6-13(5-10)17-24-25-18-16(11(2)27-29(17)18)23-26-19-22-14(7-20)15(8-21)28(19)3/h4-6,9,27H,1-3H3. The molecule has 3 heterocycles. The monoisotopic (exact) mass is 398 g/mol. The summed E-state index contributed by atoms with van der Waals surface area (Å²) in [6.45, 7) is 3.70. The number of carbonyl (C=O) groups excluding carboxylic acids is 1. The molecule has 4 rings (SSSR count). The highest BCUT2D eigenvalue weighted by molar-refractivity contribution is 5.79. The Labute approximate surface area is 169 Å².